The van der Waals surface area contributed by atoms with Gasteiger partial charge in [0.2, 0.25) is 0 Å². The third-order valence-corrected chi connectivity index (χ3v) is 4.56. The van der Waals surface area contributed by atoms with Crippen LogP contribution in [0.5, 0.6) is 0 Å². The highest BCUT2D eigenvalue weighted by Crippen LogP contribution is 2.56. The van der Waals surface area contributed by atoms with Crippen LogP contribution in [0, 0.1) is 11.8 Å². The summed E-state index contributed by atoms with van der Waals surface area (Å²) < 4.78 is 4.55. The molecule has 0 amide bonds. The van der Waals surface area contributed by atoms with Gasteiger partial charge in [-0.3, -0.25) is 4.79 Å². The molecule has 2 fully saturated rings. The quantitative estimate of drug-likeness (QED) is 0.616. The number of rotatable bonds is 2. The first kappa shape index (κ1) is 20.0. The van der Waals surface area contributed by atoms with Gasteiger partial charge in [0, 0.05) is 0 Å². The number of ether oxygens (including phenoxy) is 1. The number of carbonyl (C=O) groups excluding carboxylic acids is 1. The molecule has 128 valence electrons. The summed E-state index contributed by atoms with van der Waals surface area (Å²) in [4.78, 5) is 9.60. The minimum Gasteiger partial charge on any atom is -0.462 e. The van der Waals surface area contributed by atoms with Crippen molar-refractivity contribution in [1.82, 2.24) is 5.32 Å². The zero-order valence-electron chi connectivity index (χ0n) is 13.9. The zero-order valence-corrected chi connectivity index (χ0v) is 15.5. The summed E-state index contributed by atoms with van der Waals surface area (Å²) in [5.74, 6) is 2.41. The fraction of sp³-hybridized carbons (Fsp3) is 0.500. The van der Waals surface area contributed by atoms with E-state index in [1.54, 1.807) is 0 Å². The van der Waals surface area contributed by atoms with Crippen LogP contribution in [-0.4, -0.2) is 25.2 Å². The molecule has 2 aliphatic rings. The number of nitrogens with one attached hydrogen (secondary N) is 1. The van der Waals surface area contributed by atoms with Gasteiger partial charge in [0.25, 0.3) is 6.47 Å². The van der Waals surface area contributed by atoms with E-state index >= 15 is 0 Å². The molecule has 5 heteroatoms. The van der Waals surface area contributed by atoms with Crippen LogP contribution in [0.25, 0.3) is 0 Å². The Labute approximate surface area is 149 Å². The molecular weight excluding hydrogens is 333 g/mol. The maximum atomic E-state index is 9.60. The second-order valence-electron chi connectivity index (χ2n) is 6.51. The van der Waals surface area contributed by atoms with Gasteiger partial charge in [0.05, 0.1) is 10.0 Å². The number of benzene rings is 1. The van der Waals surface area contributed by atoms with E-state index in [4.69, 9.17) is 23.2 Å². The third-order valence-electron chi connectivity index (χ3n) is 3.82. The summed E-state index contributed by atoms with van der Waals surface area (Å²) in [5.41, 5.74) is 1.04. The van der Waals surface area contributed by atoms with Crippen molar-refractivity contribution < 1.29 is 9.53 Å². The number of hydrogen-bond donors (Lipinski definition) is 1. The van der Waals surface area contributed by atoms with E-state index in [0.717, 1.165) is 30.8 Å². The average molecular weight is 358 g/mol. The fourth-order valence-corrected chi connectivity index (χ4v) is 3.08. The topological polar surface area (TPSA) is 38.3 Å². The number of halogens is 2. The van der Waals surface area contributed by atoms with Gasteiger partial charge in [-0.15, -0.1) is 13.2 Å². The van der Waals surface area contributed by atoms with E-state index < -0.39 is 0 Å². The second-order valence-corrected chi connectivity index (χ2v) is 7.33. The Morgan fingerprint density at radius 3 is 2.13 bits per heavy atom. The lowest BCUT2D eigenvalue weighted by atomic mass is 10.1. The van der Waals surface area contributed by atoms with Crippen molar-refractivity contribution in [1.29, 1.82) is 0 Å². The number of carbonyl (C=O) groups is 1. The zero-order chi connectivity index (χ0) is 17.6. The van der Waals surface area contributed by atoms with E-state index in [-0.39, 0.29) is 5.60 Å². The number of hydrogen-bond acceptors (Lipinski definition) is 3. The van der Waals surface area contributed by atoms with Gasteiger partial charge in [-0.25, -0.2) is 0 Å². The van der Waals surface area contributed by atoms with E-state index in [9.17, 15) is 4.79 Å². The van der Waals surface area contributed by atoms with Crippen molar-refractivity contribution in [2.24, 2.45) is 11.8 Å². The van der Waals surface area contributed by atoms with Gasteiger partial charge in [0.15, 0.2) is 0 Å². The van der Waals surface area contributed by atoms with Crippen LogP contribution in [0.2, 0.25) is 10.0 Å². The van der Waals surface area contributed by atoms with E-state index in [0.29, 0.717) is 16.5 Å². The molecule has 3 rings (SSSR count). The molecule has 1 aromatic carbocycles. The first-order chi connectivity index (χ1) is 10.8. The van der Waals surface area contributed by atoms with Crippen LogP contribution in [0.4, 0.5) is 0 Å². The molecule has 0 radical (unpaired) electrons. The van der Waals surface area contributed by atoms with Crippen molar-refractivity contribution in [3.63, 3.8) is 0 Å². The minimum absolute atomic E-state index is 0.318. The lowest BCUT2D eigenvalue weighted by molar-refractivity contribution is -0.138. The van der Waals surface area contributed by atoms with Crippen LogP contribution < -0.4 is 5.32 Å². The largest absolute Gasteiger partial charge is 0.462 e. The second kappa shape index (κ2) is 8.72. The Balaban J connectivity index is 0.000000253. The Kier molecular flexibility index (Phi) is 7.59. The molecule has 0 bridgehead atoms. The fourth-order valence-electron chi connectivity index (χ4n) is 2.78. The SMILES string of the molecule is C=C.CC(C)(C)OC=O.Clc1ccc(C2C3CNCC32)cc1Cl. The Morgan fingerprint density at radius 2 is 1.74 bits per heavy atom. The molecule has 0 aromatic heterocycles. The van der Waals surface area contributed by atoms with E-state index in [1.165, 1.54) is 5.56 Å². The Hall–Kier alpha value is -1.03. The molecule has 0 spiro atoms. The van der Waals surface area contributed by atoms with Crippen molar-refractivity contribution in [2.75, 3.05) is 13.1 Å². The van der Waals surface area contributed by atoms with Crippen LogP contribution in [-0.2, 0) is 9.53 Å². The maximum absolute atomic E-state index is 9.60. The third kappa shape index (κ3) is 5.83. The monoisotopic (exact) mass is 357 g/mol. The standard InChI is InChI=1S/C11H11Cl2N.C5H10O2.C2H4/c12-9-2-1-6(3-10(9)13)11-7-4-14-5-8(7)11;1-5(2,3)7-4-6;1-2/h1-3,7-8,11,14H,4-5H2;4H,1-3H3;1-2H2. The molecule has 23 heavy (non-hydrogen) atoms. The predicted molar refractivity (Wildman–Crippen MR) is 97.2 cm³/mol. The van der Waals surface area contributed by atoms with Gasteiger partial charge in [-0.2, -0.15) is 0 Å². The molecule has 2 atom stereocenters. The number of piperidine rings is 1. The summed E-state index contributed by atoms with van der Waals surface area (Å²) in [6.07, 6.45) is 0. The van der Waals surface area contributed by atoms with Gasteiger partial charge < -0.3 is 10.1 Å². The predicted octanol–water partition coefficient (Wildman–Crippen LogP) is 4.69. The lowest BCUT2D eigenvalue weighted by Crippen LogP contribution is -2.17. The highest BCUT2D eigenvalue weighted by Gasteiger charge is 2.53. The molecule has 1 aliphatic heterocycles. The van der Waals surface area contributed by atoms with Crippen molar-refractivity contribution in [3.05, 3.63) is 47.0 Å². The Morgan fingerprint density at radius 1 is 1.17 bits per heavy atom. The van der Waals surface area contributed by atoms with Crippen LogP contribution in [0.15, 0.2) is 31.4 Å². The summed E-state index contributed by atoms with van der Waals surface area (Å²) in [7, 11) is 0. The van der Waals surface area contributed by atoms with Crippen molar-refractivity contribution in [3.8, 4) is 0 Å². The van der Waals surface area contributed by atoms with E-state index in [2.05, 4.69) is 29.3 Å². The molecule has 1 saturated carbocycles. The highest BCUT2D eigenvalue weighted by atomic mass is 35.5. The summed E-state index contributed by atoms with van der Waals surface area (Å²) in [5, 5.41) is 4.72. The molecule has 1 N–H and O–H groups in total. The van der Waals surface area contributed by atoms with Crippen molar-refractivity contribution in [2.45, 2.75) is 32.3 Å². The average Bonchev–Trinajstić information content (AvgIpc) is 2.96. The van der Waals surface area contributed by atoms with Gasteiger partial charge in [-0.1, -0.05) is 29.3 Å². The molecular formula is C18H25Cl2NO2. The number of fused-ring (bicyclic) bond motifs is 1. The van der Waals surface area contributed by atoms with Gasteiger partial charge >= 0.3 is 0 Å². The molecule has 1 saturated heterocycles. The maximum Gasteiger partial charge on any atom is 0.293 e. The molecule has 3 nitrogen and oxygen atoms in total. The molecule has 1 heterocycles. The highest BCUT2D eigenvalue weighted by molar-refractivity contribution is 6.42. The summed E-state index contributed by atoms with van der Waals surface area (Å²) in [6.45, 7) is 14.2. The first-order valence-corrected chi connectivity index (χ1v) is 8.36. The van der Waals surface area contributed by atoms with Crippen molar-refractivity contribution >= 4 is 29.7 Å². The normalized spacial score (nSPS) is 24.3. The van der Waals surface area contributed by atoms with Crippen LogP contribution in [0.3, 0.4) is 0 Å². The molecule has 2 unspecified atom stereocenters. The first-order valence-electron chi connectivity index (χ1n) is 7.60. The van der Waals surface area contributed by atoms with E-state index in [1.807, 2.05) is 32.9 Å². The smallest absolute Gasteiger partial charge is 0.293 e. The van der Waals surface area contributed by atoms with Gasteiger partial charge in [0.1, 0.15) is 5.60 Å². The molecule has 1 aromatic rings. The molecule has 1 aliphatic carbocycles. The van der Waals surface area contributed by atoms with Gasteiger partial charge in [-0.05, 0) is 69.3 Å². The summed E-state index contributed by atoms with van der Waals surface area (Å²) in [6, 6.07) is 6.03. The Bertz CT molecular complexity index is 518. The lowest BCUT2D eigenvalue weighted by Gasteiger charge is -2.14. The van der Waals surface area contributed by atoms with Crippen LogP contribution in [0.1, 0.15) is 32.3 Å². The minimum atomic E-state index is -0.318. The summed E-state index contributed by atoms with van der Waals surface area (Å²) >= 11 is 11.9. The van der Waals surface area contributed by atoms with Crippen LogP contribution >= 0.6 is 23.2 Å².